The van der Waals surface area contributed by atoms with E-state index in [2.05, 4.69) is 41.6 Å². The third-order valence-electron chi connectivity index (χ3n) is 4.63. The maximum atomic E-state index is 12.3. The van der Waals surface area contributed by atoms with Crippen LogP contribution in [-0.2, 0) is 16.2 Å². The fraction of sp³-hybridized carbons (Fsp3) is 0.522. The number of amides is 1. The van der Waals surface area contributed by atoms with Gasteiger partial charge in [0.25, 0.3) is 0 Å². The van der Waals surface area contributed by atoms with Crippen molar-refractivity contribution in [2.24, 2.45) is 0 Å². The van der Waals surface area contributed by atoms with E-state index in [0.29, 0.717) is 31.3 Å². The number of carbonyl (C=O) groups excluding carboxylic acids is 1. The molecule has 0 radical (unpaired) electrons. The van der Waals surface area contributed by atoms with E-state index in [1.165, 1.54) is 0 Å². The Morgan fingerprint density at radius 2 is 2.09 bits per heavy atom. The summed E-state index contributed by atoms with van der Waals surface area (Å²) in [6, 6.07) is 4.48. The SMILES string of the molecule is C=CC[C@H](NC(=O)OC(C)(C)C)c1cc(-c2cnn(COCC[Si](C)(C)C)c2N)ccn1. The van der Waals surface area contributed by atoms with Gasteiger partial charge in [-0.05, 0) is 50.9 Å². The van der Waals surface area contributed by atoms with E-state index >= 15 is 0 Å². The summed E-state index contributed by atoms with van der Waals surface area (Å²) in [5.74, 6) is 0.524. The van der Waals surface area contributed by atoms with Crippen LogP contribution < -0.4 is 11.1 Å². The molecule has 2 aromatic heterocycles. The van der Waals surface area contributed by atoms with Crippen molar-refractivity contribution in [1.82, 2.24) is 20.1 Å². The molecular weight excluding hydrogens is 422 g/mol. The average molecular weight is 460 g/mol. The number of ether oxygens (including phenoxy) is 2. The van der Waals surface area contributed by atoms with E-state index in [9.17, 15) is 4.79 Å². The Morgan fingerprint density at radius 3 is 2.72 bits per heavy atom. The van der Waals surface area contributed by atoms with Crippen LogP contribution in [0.1, 0.15) is 38.9 Å². The number of nitrogens with zero attached hydrogens (tertiary/aromatic N) is 3. The Bertz CT molecular complexity index is 915. The molecule has 0 aliphatic rings. The van der Waals surface area contributed by atoms with Crippen LogP contribution in [0.4, 0.5) is 10.6 Å². The van der Waals surface area contributed by atoms with Crippen LogP contribution in [0.15, 0.2) is 37.2 Å². The maximum absolute atomic E-state index is 12.3. The molecule has 2 aromatic rings. The topological polar surface area (TPSA) is 104 Å². The highest BCUT2D eigenvalue weighted by molar-refractivity contribution is 6.76. The van der Waals surface area contributed by atoms with Crippen LogP contribution in [0.2, 0.25) is 25.7 Å². The predicted molar refractivity (Wildman–Crippen MR) is 131 cm³/mol. The van der Waals surface area contributed by atoms with E-state index in [1.807, 2.05) is 32.9 Å². The van der Waals surface area contributed by atoms with Gasteiger partial charge in [-0.1, -0.05) is 25.7 Å². The van der Waals surface area contributed by atoms with Gasteiger partial charge in [-0.3, -0.25) is 4.98 Å². The largest absolute Gasteiger partial charge is 0.444 e. The molecular formula is C23H37N5O3Si. The molecule has 1 amide bonds. The van der Waals surface area contributed by atoms with Crippen molar-refractivity contribution >= 4 is 20.0 Å². The summed E-state index contributed by atoms with van der Waals surface area (Å²) in [6.45, 7) is 17.2. The number of carbonyl (C=O) groups is 1. The van der Waals surface area contributed by atoms with Gasteiger partial charge in [0.2, 0.25) is 0 Å². The highest BCUT2D eigenvalue weighted by atomic mass is 28.3. The van der Waals surface area contributed by atoms with Crippen molar-refractivity contribution in [3.05, 3.63) is 42.9 Å². The smallest absolute Gasteiger partial charge is 0.408 e. The Kier molecular flexibility index (Phi) is 8.63. The Labute approximate surface area is 192 Å². The number of nitrogens with one attached hydrogen (secondary N) is 1. The molecule has 1 atom stereocenters. The molecule has 8 nitrogen and oxygen atoms in total. The molecule has 2 rings (SSSR count). The molecule has 3 N–H and O–H groups in total. The second-order valence-electron chi connectivity index (χ2n) is 9.98. The lowest BCUT2D eigenvalue weighted by molar-refractivity contribution is 0.0503. The average Bonchev–Trinajstić information content (AvgIpc) is 3.03. The number of hydrogen-bond acceptors (Lipinski definition) is 6. The predicted octanol–water partition coefficient (Wildman–Crippen LogP) is 4.98. The monoisotopic (exact) mass is 459 g/mol. The number of alkyl carbamates (subject to hydrolysis) is 1. The summed E-state index contributed by atoms with van der Waals surface area (Å²) in [7, 11) is -1.14. The number of nitrogen functional groups attached to an aromatic ring is 1. The van der Waals surface area contributed by atoms with Crippen molar-refractivity contribution in [2.45, 2.75) is 71.3 Å². The zero-order valence-electron chi connectivity index (χ0n) is 20.1. The normalized spacial score (nSPS) is 12.9. The molecule has 176 valence electrons. The first-order valence-corrected chi connectivity index (χ1v) is 14.6. The van der Waals surface area contributed by atoms with Crippen molar-refractivity contribution in [3.8, 4) is 11.1 Å². The lowest BCUT2D eigenvalue weighted by Gasteiger charge is -2.23. The third-order valence-corrected chi connectivity index (χ3v) is 6.34. The fourth-order valence-corrected chi connectivity index (χ4v) is 3.68. The van der Waals surface area contributed by atoms with Gasteiger partial charge in [-0.25, -0.2) is 9.48 Å². The zero-order chi connectivity index (χ0) is 23.9. The lowest BCUT2D eigenvalue weighted by Crippen LogP contribution is -2.35. The summed E-state index contributed by atoms with van der Waals surface area (Å²) < 4.78 is 12.8. The van der Waals surface area contributed by atoms with E-state index < -0.39 is 19.8 Å². The van der Waals surface area contributed by atoms with Gasteiger partial charge in [0.15, 0.2) is 0 Å². The first-order valence-electron chi connectivity index (χ1n) is 10.9. The van der Waals surface area contributed by atoms with E-state index in [0.717, 1.165) is 17.2 Å². The highest BCUT2D eigenvalue weighted by Crippen LogP contribution is 2.28. The quantitative estimate of drug-likeness (QED) is 0.295. The summed E-state index contributed by atoms with van der Waals surface area (Å²) >= 11 is 0. The number of pyridine rings is 1. The second-order valence-corrected chi connectivity index (χ2v) is 15.6. The second kappa shape index (κ2) is 10.8. The maximum Gasteiger partial charge on any atom is 0.408 e. The summed E-state index contributed by atoms with van der Waals surface area (Å²) in [4.78, 5) is 16.7. The molecule has 0 bridgehead atoms. The lowest BCUT2D eigenvalue weighted by atomic mass is 10.0. The molecule has 0 spiro atoms. The number of nitrogens with two attached hydrogens (primary N) is 1. The molecule has 0 aliphatic heterocycles. The van der Waals surface area contributed by atoms with Crippen LogP contribution in [0.25, 0.3) is 11.1 Å². The van der Waals surface area contributed by atoms with Gasteiger partial charge in [-0.2, -0.15) is 5.10 Å². The minimum Gasteiger partial charge on any atom is -0.444 e. The van der Waals surface area contributed by atoms with Crippen LogP contribution in [0, 0.1) is 0 Å². The highest BCUT2D eigenvalue weighted by Gasteiger charge is 2.21. The van der Waals surface area contributed by atoms with E-state index in [-0.39, 0.29) is 6.04 Å². The number of anilines is 1. The van der Waals surface area contributed by atoms with Crippen LogP contribution in [0.5, 0.6) is 0 Å². The first-order chi connectivity index (χ1) is 14.9. The Hall–Kier alpha value is -2.65. The van der Waals surface area contributed by atoms with Gasteiger partial charge in [0.05, 0.1) is 17.9 Å². The molecule has 9 heteroatoms. The van der Waals surface area contributed by atoms with Gasteiger partial charge in [-0.15, -0.1) is 6.58 Å². The molecule has 32 heavy (non-hydrogen) atoms. The van der Waals surface area contributed by atoms with Gasteiger partial charge in [0, 0.05) is 26.4 Å². The van der Waals surface area contributed by atoms with Gasteiger partial charge >= 0.3 is 6.09 Å². The van der Waals surface area contributed by atoms with Crippen molar-refractivity contribution in [3.63, 3.8) is 0 Å². The minimum absolute atomic E-state index is 0.313. The standard InChI is InChI=1S/C23H37N5O3Si/c1-8-9-19(27-22(29)31-23(2,3)4)20-14-17(10-11-25-20)18-15-26-28(21(18)24)16-30-12-13-32(5,6)7/h8,10-11,14-15,19H,1,9,12-13,16,24H2,2-7H3,(H,27,29)/t19-/m0/s1. The van der Waals surface area contributed by atoms with E-state index in [1.54, 1.807) is 23.2 Å². The van der Waals surface area contributed by atoms with Crippen molar-refractivity contribution in [1.29, 1.82) is 0 Å². The molecule has 0 unspecified atom stereocenters. The van der Waals surface area contributed by atoms with Crippen molar-refractivity contribution < 1.29 is 14.3 Å². The molecule has 0 saturated carbocycles. The fourth-order valence-electron chi connectivity index (χ4n) is 2.93. The summed E-state index contributed by atoms with van der Waals surface area (Å²) in [5.41, 5.74) is 8.09. The number of aromatic nitrogens is 3. The minimum atomic E-state index is -1.14. The van der Waals surface area contributed by atoms with Crippen molar-refractivity contribution in [2.75, 3.05) is 12.3 Å². The van der Waals surface area contributed by atoms with Gasteiger partial charge < -0.3 is 20.5 Å². The number of rotatable bonds is 10. The molecule has 0 saturated heterocycles. The first kappa shape index (κ1) is 25.6. The third kappa shape index (κ3) is 8.12. The van der Waals surface area contributed by atoms with E-state index in [4.69, 9.17) is 15.2 Å². The van der Waals surface area contributed by atoms with Crippen LogP contribution in [0.3, 0.4) is 0 Å². The molecule has 2 heterocycles. The molecule has 0 fully saturated rings. The summed E-state index contributed by atoms with van der Waals surface area (Å²) in [5, 5.41) is 7.25. The number of hydrogen-bond donors (Lipinski definition) is 2. The van der Waals surface area contributed by atoms with Crippen LogP contribution in [-0.4, -0.2) is 41.1 Å². The van der Waals surface area contributed by atoms with Gasteiger partial charge in [0.1, 0.15) is 18.1 Å². The van der Waals surface area contributed by atoms with Crippen LogP contribution >= 0.6 is 0 Å². The Morgan fingerprint density at radius 1 is 1.38 bits per heavy atom. The Balaban J connectivity index is 2.14. The molecule has 0 aromatic carbocycles. The summed E-state index contributed by atoms with van der Waals surface area (Å²) in [6.07, 6.45) is 5.16. The molecule has 0 aliphatic carbocycles. The zero-order valence-corrected chi connectivity index (χ0v) is 21.1.